The SMILES string of the molecule is CC1(C)c2ccccc2-c2c(-c3nc(-c4ccc(-c5ccc6ccccc6c5)cc4)nc(-c4ccc5c(c4)sc4ccccc45)n3)cccc21. The van der Waals surface area contributed by atoms with Gasteiger partial charge in [0.1, 0.15) is 0 Å². The third-order valence-electron chi connectivity index (χ3n) is 10.3. The molecular weight excluding hydrogens is 627 g/mol. The summed E-state index contributed by atoms with van der Waals surface area (Å²) in [6.45, 7) is 4.62. The Bertz CT molecular complexity index is 2790. The Morgan fingerprint density at radius 1 is 0.420 bits per heavy atom. The Balaban J connectivity index is 1.15. The molecule has 1 aliphatic rings. The highest BCUT2D eigenvalue weighted by molar-refractivity contribution is 7.25. The number of fused-ring (bicyclic) bond motifs is 7. The maximum Gasteiger partial charge on any atom is 0.164 e. The van der Waals surface area contributed by atoms with Crippen LogP contribution in [-0.4, -0.2) is 15.0 Å². The molecule has 3 nitrogen and oxygen atoms in total. The number of rotatable bonds is 4. The number of aromatic nitrogens is 3. The van der Waals surface area contributed by atoms with E-state index in [2.05, 4.69) is 166 Å². The van der Waals surface area contributed by atoms with Crippen LogP contribution in [0.4, 0.5) is 0 Å². The molecule has 2 aromatic heterocycles. The molecule has 2 heterocycles. The fraction of sp³-hybridized carbons (Fsp3) is 0.0652. The molecule has 0 saturated carbocycles. The van der Waals surface area contributed by atoms with Crippen LogP contribution >= 0.6 is 11.3 Å². The number of hydrogen-bond acceptors (Lipinski definition) is 4. The van der Waals surface area contributed by atoms with Crippen LogP contribution in [0.1, 0.15) is 25.0 Å². The predicted molar refractivity (Wildman–Crippen MR) is 210 cm³/mol. The number of benzene rings is 7. The fourth-order valence-electron chi connectivity index (χ4n) is 7.74. The van der Waals surface area contributed by atoms with Gasteiger partial charge in [0, 0.05) is 42.3 Å². The third-order valence-corrected chi connectivity index (χ3v) is 11.5. The molecule has 0 fully saturated rings. The van der Waals surface area contributed by atoms with Gasteiger partial charge in [-0.05, 0) is 62.4 Å². The van der Waals surface area contributed by atoms with Crippen LogP contribution in [-0.2, 0) is 5.41 Å². The topological polar surface area (TPSA) is 38.7 Å². The molecule has 0 aliphatic heterocycles. The van der Waals surface area contributed by atoms with Gasteiger partial charge in [0.05, 0.1) is 0 Å². The van der Waals surface area contributed by atoms with E-state index in [1.807, 2.05) is 11.3 Å². The molecule has 0 N–H and O–H groups in total. The lowest BCUT2D eigenvalue weighted by Gasteiger charge is -2.21. The summed E-state index contributed by atoms with van der Waals surface area (Å²) >= 11 is 1.81. The van der Waals surface area contributed by atoms with Crippen LogP contribution in [0.3, 0.4) is 0 Å². The second kappa shape index (κ2) is 11.0. The zero-order valence-corrected chi connectivity index (χ0v) is 28.5. The predicted octanol–water partition coefficient (Wildman–Crippen LogP) is 12.4. The van der Waals surface area contributed by atoms with Crippen molar-refractivity contribution >= 4 is 42.3 Å². The molecule has 4 heteroatoms. The van der Waals surface area contributed by atoms with Gasteiger partial charge in [0.15, 0.2) is 17.5 Å². The van der Waals surface area contributed by atoms with E-state index in [9.17, 15) is 0 Å². The molecule has 0 atom stereocenters. The van der Waals surface area contributed by atoms with Gasteiger partial charge in [0.25, 0.3) is 0 Å². The molecule has 9 aromatic rings. The molecule has 236 valence electrons. The second-order valence-corrected chi connectivity index (χ2v) is 14.7. The van der Waals surface area contributed by atoms with Crippen molar-refractivity contribution in [1.29, 1.82) is 0 Å². The first-order chi connectivity index (χ1) is 24.5. The standard InChI is InChI=1S/C46H31N3S/c1-46(2)38-15-7-5-13-36(38)42-37(14-9-16-39(42)46)45-48-43(30-21-18-29(19-22-30)32-23-20-28-10-3-4-11-31(28)26-32)47-44(49-45)33-24-25-35-34-12-6-8-17-40(34)50-41(35)27-33/h3-27H,1-2H3. The van der Waals surface area contributed by atoms with Crippen LogP contribution in [0.5, 0.6) is 0 Å². The van der Waals surface area contributed by atoms with E-state index in [1.165, 1.54) is 58.8 Å². The minimum absolute atomic E-state index is 0.120. The largest absolute Gasteiger partial charge is 0.208 e. The van der Waals surface area contributed by atoms with Gasteiger partial charge in [-0.1, -0.05) is 147 Å². The zero-order valence-electron chi connectivity index (χ0n) is 27.7. The van der Waals surface area contributed by atoms with Gasteiger partial charge < -0.3 is 0 Å². The van der Waals surface area contributed by atoms with Crippen molar-refractivity contribution < 1.29 is 0 Å². The number of hydrogen-bond donors (Lipinski definition) is 0. The Hall–Kier alpha value is -5.97. The Morgan fingerprint density at radius 3 is 1.92 bits per heavy atom. The summed E-state index contributed by atoms with van der Waals surface area (Å²) in [7, 11) is 0. The zero-order chi connectivity index (χ0) is 33.4. The average Bonchev–Trinajstić information content (AvgIpc) is 3.66. The van der Waals surface area contributed by atoms with Crippen molar-refractivity contribution in [3.05, 3.63) is 163 Å². The molecule has 10 rings (SSSR count). The van der Waals surface area contributed by atoms with E-state index < -0.39 is 0 Å². The van der Waals surface area contributed by atoms with Crippen LogP contribution in [0, 0.1) is 0 Å². The molecule has 0 radical (unpaired) electrons. The lowest BCUT2D eigenvalue weighted by Crippen LogP contribution is -2.14. The van der Waals surface area contributed by atoms with Crippen LogP contribution < -0.4 is 0 Å². The minimum Gasteiger partial charge on any atom is -0.208 e. The fourth-order valence-corrected chi connectivity index (χ4v) is 8.89. The van der Waals surface area contributed by atoms with Crippen molar-refractivity contribution in [2.75, 3.05) is 0 Å². The molecule has 0 unspecified atom stereocenters. The molecule has 1 aliphatic carbocycles. The van der Waals surface area contributed by atoms with Gasteiger partial charge >= 0.3 is 0 Å². The Labute approximate surface area is 294 Å². The Morgan fingerprint density at radius 2 is 1.04 bits per heavy atom. The second-order valence-electron chi connectivity index (χ2n) is 13.7. The summed E-state index contributed by atoms with van der Waals surface area (Å²) in [6.07, 6.45) is 0. The molecule has 0 saturated heterocycles. The summed E-state index contributed by atoms with van der Waals surface area (Å²) in [5.74, 6) is 2.02. The van der Waals surface area contributed by atoms with E-state index in [4.69, 9.17) is 15.0 Å². The van der Waals surface area contributed by atoms with Gasteiger partial charge in [-0.2, -0.15) is 0 Å². The number of nitrogens with zero attached hydrogens (tertiary/aromatic N) is 3. The summed E-state index contributed by atoms with van der Waals surface area (Å²) in [5, 5.41) is 5.01. The lowest BCUT2D eigenvalue weighted by molar-refractivity contribution is 0.660. The first kappa shape index (κ1) is 29.0. The van der Waals surface area contributed by atoms with Crippen molar-refractivity contribution in [1.82, 2.24) is 15.0 Å². The normalized spacial score (nSPS) is 13.2. The maximum atomic E-state index is 5.23. The van der Waals surface area contributed by atoms with E-state index in [0.717, 1.165) is 22.3 Å². The lowest BCUT2D eigenvalue weighted by atomic mass is 9.82. The number of thiophene rings is 1. The monoisotopic (exact) mass is 657 g/mol. The highest BCUT2D eigenvalue weighted by Crippen LogP contribution is 2.51. The highest BCUT2D eigenvalue weighted by atomic mass is 32.1. The summed E-state index contributed by atoms with van der Waals surface area (Å²) in [6, 6.07) is 54.2. The molecule has 0 spiro atoms. The minimum atomic E-state index is -0.120. The molecular formula is C46H31N3S. The molecule has 7 aromatic carbocycles. The van der Waals surface area contributed by atoms with Gasteiger partial charge in [-0.25, -0.2) is 15.0 Å². The first-order valence-corrected chi connectivity index (χ1v) is 17.8. The van der Waals surface area contributed by atoms with E-state index in [0.29, 0.717) is 17.5 Å². The van der Waals surface area contributed by atoms with E-state index >= 15 is 0 Å². The van der Waals surface area contributed by atoms with Crippen molar-refractivity contribution in [3.8, 4) is 56.4 Å². The first-order valence-electron chi connectivity index (χ1n) is 17.0. The Kier molecular flexibility index (Phi) is 6.39. The summed E-state index contributed by atoms with van der Waals surface area (Å²) in [5.41, 5.74) is 10.3. The van der Waals surface area contributed by atoms with Gasteiger partial charge in [-0.15, -0.1) is 11.3 Å². The third kappa shape index (κ3) is 4.53. The van der Waals surface area contributed by atoms with Crippen LogP contribution in [0.15, 0.2) is 152 Å². The van der Waals surface area contributed by atoms with Crippen LogP contribution in [0.25, 0.3) is 87.4 Å². The van der Waals surface area contributed by atoms with Crippen molar-refractivity contribution in [3.63, 3.8) is 0 Å². The average molecular weight is 658 g/mol. The van der Waals surface area contributed by atoms with E-state index in [-0.39, 0.29) is 5.41 Å². The van der Waals surface area contributed by atoms with Gasteiger partial charge in [-0.3, -0.25) is 0 Å². The molecule has 50 heavy (non-hydrogen) atoms. The smallest absolute Gasteiger partial charge is 0.164 e. The van der Waals surface area contributed by atoms with Gasteiger partial charge in [0.2, 0.25) is 0 Å². The van der Waals surface area contributed by atoms with E-state index in [1.54, 1.807) is 0 Å². The molecule has 0 amide bonds. The summed E-state index contributed by atoms with van der Waals surface area (Å²) < 4.78 is 2.51. The maximum absolute atomic E-state index is 5.23. The van der Waals surface area contributed by atoms with Crippen molar-refractivity contribution in [2.45, 2.75) is 19.3 Å². The molecule has 0 bridgehead atoms. The van der Waals surface area contributed by atoms with Crippen LogP contribution in [0.2, 0.25) is 0 Å². The van der Waals surface area contributed by atoms with Crippen molar-refractivity contribution in [2.24, 2.45) is 0 Å². The highest BCUT2D eigenvalue weighted by Gasteiger charge is 2.37. The summed E-state index contributed by atoms with van der Waals surface area (Å²) in [4.78, 5) is 15.6. The quantitative estimate of drug-likeness (QED) is 0.189.